The molecule has 1 aromatic heterocycles. The minimum Gasteiger partial charge on any atom is -0.495 e. The number of para-hydroxylation sites is 2. The Labute approximate surface area is 197 Å². The lowest BCUT2D eigenvalue weighted by molar-refractivity contribution is 0.0594. The van der Waals surface area contributed by atoms with Crippen LogP contribution in [-0.2, 0) is 6.54 Å². The van der Waals surface area contributed by atoms with Gasteiger partial charge in [-0.25, -0.2) is 4.79 Å². The Morgan fingerprint density at radius 1 is 0.882 bits per heavy atom. The molecule has 2 aliphatic rings. The number of hydrogen-bond acceptors (Lipinski definition) is 4. The SMILES string of the molecule is COc1ccccc1NC(=O)Nc1ccc2n(c1=O)C[C@@H]1C[C@@H]2CN(C(=O)c2ccccc2)C1. The van der Waals surface area contributed by atoms with Gasteiger partial charge in [0.25, 0.3) is 11.5 Å². The van der Waals surface area contributed by atoms with Crippen LogP contribution >= 0.6 is 0 Å². The van der Waals surface area contributed by atoms with Crippen LogP contribution in [0.25, 0.3) is 0 Å². The third-order valence-electron chi connectivity index (χ3n) is 6.52. The number of pyridine rings is 1. The van der Waals surface area contributed by atoms with E-state index in [4.69, 9.17) is 4.74 Å². The second kappa shape index (κ2) is 9.05. The molecular formula is C26H26N4O4. The summed E-state index contributed by atoms with van der Waals surface area (Å²) >= 11 is 0. The summed E-state index contributed by atoms with van der Waals surface area (Å²) in [6.07, 6.45) is 0.944. The van der Waals surface area contributed by atoms with Gasteiger partial charge in [0.2, 0.25) is 0 Å². The number of methoxy groups -OCH3 is 1. The molecule has 3 aromatic rings. The lowest BCUT2D eigenvalue weighted by Crippen LogP contribution is -2.49. The molecule has 8 heteroatoms. The lowest BCUT2D eigenvalue weighted by atomic mass is 9.83. The van der Waals surface area contributed by atoms with Crippen molar-refractivity contribution in [3.05, 3.63) is 88.3 Å². The highest BCUT2D eigenvalue weighted by molar-refractivity contribution is 6.00. The van der Waals surface area contributed by atoms with Crippen LogP contribution in [0.2, 0.25) is 0 Å². The number of aromatic nitrogens is 1. The molecule has 0 spiro atoms. The van der Waals surface area contributed by atoms with E-state index in [1.165, 1.54) is 7.11 Å². The Hall–Kier alpha value is -4.07. The molecule has 34 heavy (non-hydrogen) atoms. The van der Waals surface area contributed by atoms with E-state index in [1.54, 1.807) is 28.8 Å². The second-order valence-corrected chi connectivity index (χ2v) is 8.74. The van der Waals surface area contributed by atoms with Crippen LogP contribution in [0.5, 0.6) is 5.75 Å². The summed E-state index contributed by atoms with van der Waals surface area (Å²) in [6, 6.07) is 19.4. The number of likely N-dealkylation sites (tertiary alicyclic amines) is 1. The first-order chi connectivity index (χ1) is 16.5. The zero-order valence-corrected chi connectivity index (χ0v) is 18.9. The summed E-state index contributed by atoms with van der Waals surface area (Å²) in [5, 5.41) is 5.39. The zero-order valence-electron chi connectivity index (χ0n) is 18.9. The molecule has 8 nitrogen and oxygen atoms in total. The second-order valence-electron chi connectivity index (χ2n) is 8.74. The number of benzene rings is 2. The van der Waals surface area contributed by atoms with Crippen molar-refractivity contribution in [2.24, 2.45) is 5.92 Å². The zero-order chi connectivity index (χ0) is 23.7. The number of nitrogens with one attached hydrogen (secondary N) is 2. The number of nitrogens with zero attached hydrogens (tertiary/aromatic N) is 2. The summed E-state index contributed by atoms with van der Waals surface area (Å²) < 4.78 is 7.01. The van der Waals surface area contributed by atoms with Gasteiger partial charge in [-0.15, -0.1) is 0 Å². The number of fused-ring (bicyclic) bond motifs is 4. The van der Waals surface area contributed by atoms with Gasteiger partial charge >= 0.3 is 6.03 Å². The number of hydrogen-bond donors (Lipinski definition) is 2. The number of ether oxygens (including phenoxy) is 1. The van der Waals surface area contributed by atoms with Crippen LogP contribution < -0.4 is 20.9 Å². The van der Waals surface area contributed by atoms with Crippen molar-refractivity contribution >= 4 is 23.3 Å². The van der Waals surface area contributed by atoms with Crippen molar-refractivity contribution in [3.63, 3.8) is 0 Å². The molecule has 0 aliphatic carbocycles. The molecule has 1 fully saturated rings. The standard InChI is InChI=1S/C26H26N4O4/c1-34-23-10-6-5-9-20(23)27-26(33)28-21-11-12-22-19-13-17(15-30(22)25(21)32)14-29(16-19)24(31)18-7-3-2-4-8-18/h2-12,17,19H,13-16H2,1H3,(H2,27,28,33)/t17-,19-/m1/s1. The van der Waals surface area contributed by atoms with E-state index in [-0.39, 0.29) is 29.0 Å². The minimum atomic E-state index is -0.516. The van der Waals surface area contributed by atoms with Crippen LogP contribution in [0.1, 0.15) is 28.4 Å². The first kappa shape index (κ1) is 21.8. The number of anilines is 2. The van der Waals surface area contributed by atoms with E-state index >= 15 is 0 Å². The maximum absolute atomic E-state index is 13.2. The molecule has 3 amide bonds. The molecule has 0 radical (unpaired) electrons. The van der Waals surface area contributed by atoms with Gasteiger partial charge in [0.05, 0.1) is 12.8 Å². The maximum Gasteiger partial charge on any atom is 0.323 e. The first-order valence-corrected chi connectivity index (χ1v) is 11.3. The van der Waals surface area contributed by atoms with E-state index in [9.17, 15) is 14.4 Å². The van der Waals surface area contributed by atoms with Gasteiger partial charge in [-0.1, -0.05) is 30.3 Å². The summed E-state index contributed by atoms with van der Waals surface area (Å²) in [4.78, 5) is 40.6. The quantitative estimate of drug-likeness (QED) is 0.623. The van der Waals surface area contributed by atoms with Crippen LogP contribution in [0.3, 0.4) is 0 Å². The van der Waals surface area contributed by atoms with Gasteiger partial charge in [-0.2, -0.15) is 0 Å². The van der Waals surface area contributed by atoms with Gasteiger partial charge in [0, 0.05) is 36.8 Å². The third-order valence-corrected chi connectivity index (χ3v) is 6.52. The Morgan fingerprint density at radius 2 is 1.62 bits per heavy atom. The van der Waals surface area contributed by atoms with Crippen molar-refractivity contribution in [3.8, 4) is 5.75 Å². The summed E-state index contributed by atoms with van der Waals surface area (Å²) in [6.45, 7) is 1.71. The smallest absolute Gasteiger partial charge is 0.323 e. The van der Waals surface area contributed by atoms with Crippen LogP contribution in [0.4, 0.5) is 16.2 Å². The number of amides is 3. The molecule has 3 heterocycles. The third kappa shape index (κ3) is 4.14. The Bertz CT molecular complexity index is 1290. The van der Waals surface area contributed by atoms with Gasteiger partial charge in [0.15, 0.2) is 0 Å². The van der Waals surface area contributed by atoms with Crippen molar-refractivity contribution in [1.82, 2.24) is 9.47 Å². The fourth-order valence-corrected chi connectivity index (χ4v) is 4.99. The molecule has 1 saturated heterocycles. The summed E-state index contributed by atoms with van der Waals surface area (Å²) in [7, 11) is 1.53. The average Bonchev–Trinajstić information content (AvgIpc) is 2.86. The lowest BCUT2D eigenvalue weighted by Gasteiger charge is -2.43. The van der Waals surface area contributed by atoms with Gasteiger partial charge in [0.1, 0.15) is 11.4 Å². The highest BCUT2D eigenvalue weighted by atomic mass is 16.5. The fraction of sp³-hybridized carbons (Fsp3) is 0.269. The van der Waals surface area contributed by atoms with E-state index in [0.717, 1.165) is 12.1 Å². The molecule has 174 valence electrons. The molecule has 0 unspecified atom stereocenters. The number of urea groups is 1. The maximum atomic E-state index is 13.2. The highest BCUT2D eigenvalue weighted by Crippen LogP contribution is 2.36. The summed E-state index contributed by atoms with van der Waals surface area (Å²) in [5.74, 6) is 0.832. The van der Waals surface area contributed by atoms with E-state index in [0.29, 0.717) is 36.6 Å². The predicted molar refractivity (Wildman–Crippen MR) is 130 cm³/mol. The van der Waals surface area contributed by atoms with Crippen LogP contribution in [-0.4, -0.2) is 41.6 Å². The monoisotopic (exact) mass is 458 g/mol. The molecule has 5 rings (SSSR count). The molecule has 2 N–H and O–H groups in total. The molecule has 2 bridgehead atoms. The number of rotatable bonds is 4. The largest absolute Gasteiger partial charge is 0.495 e. The minimum absolute atomic E-state index is 0.0254. The Balaban J connectivity index is 1.33. The van der Waals surface area contributed by atoms with Crippen molar-refractivity contribution in [2.45, 2.75) is 18.9 Å². The molecule has 2 aromatic carbocycles. The normalized spacial score (nSPS) is 18.6. The van der Waals surface area contributed by atoms with Gasteiger partial charge in [-0.3, -0.25) is 9.59 Å². The van der Waals surface area contributed by atoms with E-state index < -0.39 is 6.03 Å². The van der Waals surface area contributed by atoms with E-state index in [2.05, 4.69) is 10.6 Å². The van der Waals surface area contributed by atoms with Crippen molar-refractivity contribution in [2.75, 3.05) is 30.8 Å². The Morgan fingerprint density at radius 3 is 2.41 bits per heavy atom. The Kier molecular flexibility index (Phi) is 5.79. The highest BCUT2D eigenvalue weighted by Gasteiger charge is 2.37. The predicted octanol–water partition coefficient (Wildman–Crippen LogP) is 3.76. The van der Waals surface area contributed by atoms with Crippen LogP contribution in [0, 0.1) is 5.92 Å². The van der Waals surface area contributed by atoms with Crippen molar-refractivity contribution < 1.29 is 14.3 Å². The number of carbonyl (C=O) groups is 2. The van der Waals surface area contributed by atoms with Gasteiger partial charge in [-0.05, 0) is 48.7 Å². The molecule has 2 atom stereocenters. The topological polar surface area (TPSA) is 92.7 Å². The average molecular weight is 459 g/mol. The van der Waals surface area contributed by atoms with Crippen molar-refractivity contribution in [1.29, 1.82) is 0 Å². The van der Waals surface area contributed by atoms with E-state index in [1.807, 2.05) is 47.4 Å². The molecule has 0 saturated carbocycles. The van der Waals surface area contributed by atoms with Gasteiger partial charge < -0.3 is 24.8 Å². The summed E-state index contributed by atoms with van der Waals surface area (Å²) in [5.41, 5.74) is 2.08. The number of carbonyl (C=O) groups excluding carboxylic acids is 2. The van der Waals surface area contributed by atoms with Crippen LogP contribution in [0.15, 0.2) is 71.5 Å². The fourth-order valence-electron chi connectivity index (χ4n) is 4.99. The molecule has 2 aliphatic heterocycles. The number of piperidine rings is 1. The first-order valence-electron chi connectivity index (χ1n) is 11.3. The molecular weight excluding hydrogens is 432 g/mol.